The Morgan fingerprint density at radius 2 is 2.13 bits per heavy atom. The van der Waals surface area contributed by atoms with Crippen molar-refractivity contribution in [1.82, 2.24) is 4.90 Å². The molecule has 0 radical (unpaired) electrons. The number of allylic oxidation sites excluding steroid dienone is 1. The Balaban J connectivity index is 1.66. The molecule has 1 N–H and O–H groups in total. The number of unbranched alkanes of at least 4 members (excludes halogenated alkanes) is 1. The standard InChI is InChI=1S/C18H23N3OS/c1-3-4-6-14-7-9-15(10-8-14)20-17(22)16-13(2)21-12-5-11-19-18(21)23-16/h7-10H,3-6,11-12H2,1-2H3,(H,20,22). The lowest BCUT2D eigenvalue weighted by Gasteiger charge is -2.23. The molecule has 0 unspecified atom stereocenters. The van der Waals surface area contributed by atoms with Gasteiger partial charge in [-0.25, -0.2) is 0 Å². The normalized spacial score (nSPS) is 17.1. The summed E-state index contributed by atoms with van der Waals surface area (Å²) >= 11 is 1.49. The van der Waals surface area contributed by atoms with Crippen LogP contribution in [0, 0.1) is 0 Å². The molecule has 0 aliphatic carbocycles. The first-order chi connectivity index (χ1) is 11.2. The Kier molecular flexibility index (Phi) is 5.06. The lowest BCUT2D eigenvalue weighted by Crippen LogP contribution is -2.28. The SMILES string of the molecule is CCCCc1ccc(NC(=O)C2=C(C)N3CCCN=C3S2)cc1. The number of aliphatic imine (C=N–C) groups is 1. The van der Waals surface area contributed by atoms with Gasteiger partial charge in [0.1, 0.15) is 0 Å². The van der Waals surface area contributed by atoms with Gasteiger partial charge in [0.25, 0.3) is 5.91 Å². The number of nitrogens with one attached hydrogen (secondary N) is 1. The average molecular weight is 329 g/mol. The van der Waals surface area contributed by atoms with Gasteiger partial charge in [-0.2, -0.15) is 0 Å². The van der Waals surface area contributed by atoms with Gasteiger partial charge in [-0.3, -0.25) is 9.79 Å². The van der Waals surface area contributed by atoms with E-state index in [9.17, 15) is 4.79 Å². The molecule has 2 heterocycles. The van der Waals surface area contributed by atoms with Crippen molar-refractivity contribution in [3.05, 3.63) is 40.4 Å². The third-order valence-electron chi connectivity index (χ3n) is 4.18. The fourth-order valence-corrected chi connectivity index (χ4v) is 3.88. The van der Waals surface area contributed by atoms with Crippen LogP contribution in [-0.2, 0) is 11.2 Å². The molecule has 5 heteroatoms. The Hall–Kier alpha value is -1.75. The third kappa shape index (κ3) is 3.61. The largest absolute Gasteiger partial charge is 0.324 e. The van der Waals surface area contributed by atoms with E-state index in [0.717, 1.165) is 47.4 Å². The minimum absolute atomic E-state index is 0.0362. The zero-order chi connectivity index (χ0) is 16.2. The second kappa shape index (κ2) is 7.21. The zero-order valence-corrected chi connectivity index (χ0v) is 14.6. The minimum Gasteiger partial charge on any atom is -0.324 e. The number of carbonyl (C=O) groups is 1. The monoisotopic (exact) mass is 329 g/mol. The van der Waals surface area contributed by atoms with Crippen LogP contribution in [0.4, 0.5) is 5.69 Å². The molecule has 4 nitrogen and oxygen atoms in total. The molecule has 0 aromatic heterocycles. The van der Waals surface area contributed by atoms with Crippen molar-refractivity contribution in [2.24, 2.45) is 4.99 Å². The molecule has 2 aliphatic heterocycles. The van der Waals surface area contributed by atoms with Crippen molar-refractivity contribution < 1.29 is 4.79 Å². The summed E-state index contributed by atoms with van der Waals surface area (Å²) in [6.07, 6.45) is 4.55. The Bertz CT molecular complexity index is 649. The molecular formula is C18H23N3OS. The summed E-state index contributed by atoms with van der Waals surface area (Å²) in [7, 11) is 0. The number of anilines is 1. The molecule has 0 spiro atoms. The summed E-state index contributed by atoms with van der Waals surface area (Å²) < 4.78 is 0. The molecule has 1 aromatic rings. The maximum Gasteiger partial charge on any atom is 0.264 e. The average Bonchev–Trinajstić information content (AvgIpc) is 2.92. The van der Waals surface area contributed by atoms with Gasteiger partial charge >= 0.3 is 0 Å². The number of hydrogen-bond donors (Lipinski definition) is 1. The molecule has 1 amide bonds. The number of rotatable bonds is 5. The van der Waals surface area contributed by atoms with Crippen LogP contribution < -0.4 is 5.32 Å². The summed E-state index contributed by atoms with van der Waals surface area (Å²) in [6, 6.07) is 8.18. The topological polar surface area (TPSA) is 44.7 Å². The number of fused-ring (bicyclic) bond motifs is 1. The summed E-state index contributed by atoms with van der Waals surface area (Å²) in [6.45, 7) is 6.02. The van der Waals surface area contributed by atoms with Crippen LogP contribution >= 0.6 is 11.8 Å². The highest BCUT2D eigenvalue weighted by Gasteiger charge is 2.31. The van der Waals surface area contributed by atoms with E-state index in [1.807, 2.05) is 19.1 Å². The smallest absolute Gasteiger partial charge is 0.264 e. The van der Waals surface area contributed by atoms with E-state index < -0.39 is 0 Å². The van der Waals surface area contributed by atoms with Crippen molar-refractivity contribution in [2.75, 3.05) is 18.4 Å². The fraction of sp³-hybridized carbons (Fsp3) is 0.444. The highest BCUT2D eigenvalue weighted by atomic mass is 32.2. The third-order valence-corrected chi connectivity index (χ3v) is 5.40. The van der Waals surface area contributed by atoms with Crippen LogP contribution in [0.25, 0.3) is 0 Å². The lowest BCUT2D eigenvalue weighted by atomic mass is 10.1. The molecular weight excluding hydrogens is 306 g/mol. The first kappa shape index (κ1) is 16.1. The van der Waals surface area contributed by atoms with Crippen molar-refractivity contribution in [3.63, 3.8) is 0 Å². The summed E-state index contributed by atoms with van der Waals surface area (Å²) in [5.41, 5.74) is 3.19. The van der Waals surface area contributed by atoms with Crippen LogP contribution in [0.5, 0.6) is 0 Å². The predicted molar refractivity (Wildman–Crippen MR) is 97.6 cm³/mol. The van der Waals surface area contributed by atoms with Gasteiger partial charge in [-0.15, -0.1) is 0 Å². The first-order valence-electron chi connectivity index (χ1n) is 8.30. The maximum atomic E-state index is 12.6. The van der Waals surface area contributed by atoms with Crippen molar-refractivity contribution in [2.45, 2.75) is 39.5 Å². The Morgan fingerprint density at radius 3 is 2.83 bits per heavy atom. The van der Waals surface area contributed by atoms with E-state index in [1.54, 1.807) is 0 Å². The zero-order valence-electron chi connectivity index (χ0n) is 13.8. The predicted octanol–water partition coefficient (Wildman–Crippen LogP) is 4.01. The van der Waals surface area contributed by atoms with Crippen LogP contribution in [0.1, 0.15) is 38.7 Å². The van der Waals surface area contributed by atoms with Crippen molar-refractivity contribution in [1.29, 1.82) is 0 Å². The molecule has 0 saturated heterocycles. The lowest BCUT2D eigenvalue weighted by molar-refractivity contribution is -0.112. The van der Waals surface area contributed by atoms with E-state index >= 15 is 0 Å². The van der Waals surface area contributed by atoms with Gasteiger partial charge < -0.3 is 10.2 Å². The number of benzene rings is 1. The van der Waals surface area contributed by atoms with E-state index in [-0.39, 0.29) is 5.91 Å². The quantitative estimate of drug-likeness (QED) is 0.888. The fourth-order valence-electron chi connectivity index (χ4n) is 2.80. The number of amidine groups is 1. The molecule has 23 heavy (non-hydrogen) atoms. The van der Waals surface area contributed by atoms with Gasteiger partial charge in [-0.1, -0.05) is 25.5 Å². The van der Waals surface area contributed by atoms with E-state index in [1.165, 1.54) is 30.2 Å². The van der Waals surface area contributed by atoms with Crippen LogP contribution in [0.3, 0.4) is 0 Å². The number of nitrogens with zero attached hydrogens (tertiary/aromatic N) is 2. The highest BCUT2D eigenvalue weighted by molar-refractivity contribution is 8.18. The Morgan fingerprint density at radius 1 is 1.35 bits per heavy atom. The minimum atomic E-state index is -0.0362. The van der Waals surface area contributed by atoms with Gasteiger partial charge in [-0.05, 0) is 55.6 Å². The molecule has 0 saturated carbocycles. The molecule has 0 fully saturated rings. The Labute approximate surface area is 142 Å². The van der Waals surface area contributed by atoms with Gasteiger partial charge in [0.2, 0.25) is 0 Å². The van der Waals surface area contributed by atoms with Gasteiger partial charge in [0.05, 0.1) is 4.91 Å². The van der Waals surface area contributed by atoms with Gasteiger partial charge in [0.15, 0.2) is 5.17 Å². The first-order valence-corrected chi connectivity index (χ1v) is 9.11. The van der Waals surface area contributed by atoms with E-state index in [0.29, 0.717) is 0 Å². The number of carbonyl (C=O) groups excluding carboxylic acids is 1. The van der Waals surface area contributed by atoms with E-state index in [2.05, 4.69) is 34.3 Å². The maximum absolute atomic E-state index is 12.6. The molecule has 1 aromatic carbocycles. The molecule has 0 atom stereocenters. The molecule has 122 valence electrons. The number of hydrogen-bond acceptors (Lipinski definition) is 4. The van der Waals surface area contributed by atoms with Crippen molar-refractivity contribution >= 4 is 28.5 Å². The molecule has 0 bridgehead atoms. The number of amides is 1. The summed E-state index contributed by atoms with van der Waals surface area (Å²) in [4.78, 5) is 20.0. The second-order valence-corrected chi connectivity index (χ2v) is 6.92. The number of thioether (sulfide) groups is 1. The van der Waals surface area contributed by atoms with Crippen LogP contribution in [0.15, 0.2) is 39.9 Å². The van der Waals surface area contributed by atoms with Crippen molar-refractivity contribution in [3.8, 4) is 0 Å². The van der Waals surface area contributed by atoms with Gasteiger partial charge in [0, 0.05) is 24.5 Å². The van der Waals surface area contributed by atoms with E-state index in [4.69, 9.17) is 0 Å². The highest BCUT2D eigenvalue weighted by Crippen LogP contribution is 2.36. The van der Waals surface area contributed by atoms with Crippen LogP contribution in [-0.4, -0.2) is 29.1 Å². The van der Waals surface area contributed by atoms with Crippen LogP contribution in [0.2, 0.25) is 0 Å². The summed E-state index contributed by atoms with van der Waals surface area (Å²) in [5, 5.41) is 3.97. The molecule has 3 rings (SSSR count). The molecule has 2 aliphatic rings. The summed E-state index contributed by atoms with van der Waals surface area (Å²) in [5.74, 6) is -0.0362. The number of aryl methyl sites for hydroxylation is 1. The second-order valence-electron chi connectivity index (χ2n) is 5.94.